The van der Waals surface area contributed by atoms with Crippen LogP contribution in [0.3, 0.4) is 0 Å². The molecule has 0 aliphatic carbocycles. The summed E-state index contributed by atoms with van der Waals surface area (Å²) in [6.07, 6.45) is 4.98. The van der Waals surface area contributed by atoms with Gasteiger partial charge < -0.3 is 0 Å². The van der Waals surface area contributed by atoms with Gasteiger partial charge in [-0.2, -0.15) is 14.7 Å². The fraction of sp³-hybridized carbons (Fsp3) is 0. The molecule has 0 fully saturated rings. The smallest absolute Gasteiger partial charge is 0.266 e. The Morgan fingerprint density at radius 3 is 2.57 bits per heavy atom. The summed E-state index contributed by atoms with van der Waals surface area (Å²) in [6.45, 7) is 0. The molecule has 136 valence electrons. The van der Waals surface area contributed by atoms with E-state index in [1.54, 1.807) is 22.9 Å². The molecule has 0 saturated heterocycles. The van der Waals surface area contributed by atoms with Crippen molar-refractivity contribution in [2.45, 2.75) is 0 Å². The molecule has 0 spiro atoms. The average Bonchev–Trinajstić information content (AvgIpc) is 3.41. The lowest BCUT2D eigenvalue weighted by atomic mass is 10.1. The maximum absolute atomic E-state index is 13.4. The molecule has 6 nitrogen and oxygen atoms in total. The Balaban J connectivity index is 1.73. The van der Waals surface area contributed by atoms with Crippen molar-refractivity contribution in [2.75, 3.05) is 0 Å². The van der Waals surface area contributed by atoms with E-state index in [0.29, 0.717) is 15.2 Å². The standard InChI is InChI=1S/C20H12FN5OS/c21-15-8-6-13(7-9-15)18-14(11-25(24-18)16-4-2-1-3-5-16)10-17-19(27)26-20(28-17)22-12-23-26/h1-12H. The summed E-state index contributed by atoms with van der Waals surface area (Å²) in [5, 5.41) is 8.62. The Kier molecular flexibility index (Phi) is 3.84. The SMILES string of the molecule is O=c1c(=Cc2cn(-c3ccccc3)nc2-c2ccc(F)cc2)sc2ncnn12. The first-order chi connectivity index (χ1) is 13.7. The van der Waals surface area contributed by atoms with Gasteiger partial charge in [-0.1, -0.05) is 29.5 Å². The van der Waals surface area contributed by atoms with E-state index in [4.69, 9.17) is 0 Å². The van der Waals surface area contributed by atoms with Crippen LogP contribution in [0, 0.1) is 5.82 Å². The van der Waals surface area contributed by atoms with E-state index in [-0.39, 0.29) is 11.4 Å². The third-order valence-electron chi connectivity index (χ3n) is 4.29. The van der Waals surface area contributed by atoms with Crippen molar-refractivity contribution in [3.05, 3.63) is 93.4 Å². The molecule has 28 heavy (non-hydrogen) atoms. The van der Waals surface area contributed by atoms with Gasteiger partial charge in [0, 0.05) is 17.3 Å². The predicted molar refractivity (Wildman–Crippen MR) is 105 cm³/mol. The van der Waals surface area contributed by atoms with Crippen LogP contribution in [0.4, 0.5) is 4.39 Å². The van der Waals surface area contributed by atoms with E-state index < -0.39 is 0 Å². The van der Waals surface area contributed by atoms with Crippen LogP contribution in [0.25, 0.3) is 28.0 Å². The lowest BCUT2D eigenvalue weighted by Crippen LogP contribution is -2.23. The fourth-order valence-electron chi connectivity index (χ4n) is 2.96. The van der Waals surface area contributed by atoms with Crippen molar-refractivity contribution < 1.29 is 4.39 Å². The Labute approximate surface area is 161 Å². The lowest BCUT2D eigenvalue weighted by molar-refractivity contribution is 0.628. The molecule has 0 amide bonds. The number of thiazole rings is 1. The largest absolute Gasteiger partial charge is 0.291 e. The Morgan fingerprint density at radius 1 is 1.04 bits per heavy atom. The van der Waals surface area contributed by atoms with Crippen molar-refractivity contribution in [2.24, 2.45) is 0 Å². The van der Waals surface area contributed by atoms with E-state index in [1.807, 2.05) is 36.5 Å². The predicted octanol–water partition coefficient (Wildman–Crippen LogP) is 2.69. The van der Waals surface area contributed by atoms with Crippen molar-refractivity contribution in [1.82, 2.24) is 24.4 Å². The normalized spacial score (nSPS) is 12.1. The van der Waals surface area contributed by atoms with Gasteiger partial charge in [0.05, 0.1) is 10.2 Å². The molecule has 8 heteroatoms. The zero-order valence-corrected chi connectivity index (χ0v) is 15.2. The highest BCUT2D eigenvalue weighted by atomic mass is 32.1. The summed E-state index contributed by atoms with van der Waals surface area (Å²) < 4.78 is 16.9. The molecule has 0 radical (unpaired) electrons. The molecule has 0 aliphatic rings. The van der Waals surface area contributed by atoms with E-state index >= 15 is 0 Å². The Hall–Kier alpha value is -3.65. The maximum Gasteiger partial charge on any atom is 0.291 e. The first-order valence-electron chi connectivity index (χ1n) is 8.44. The molecule has 0 bridgehead atoms. The van der Waals surface area contributed by atoms with Gasteiger partial charge in [-0.15, -0.1) is 0 Å². The highest BCUT2D eigenvalue weighted by Crippen LogP contribution is 2.24. The van der Waals surface area contributed by atoms with Crippen molar-refractivity contribution in [3.8, 4) is 16.9 Å². The Bertz CT molecular complexity index is 1390. The fourth-order valence-corrected chi connectivity index (χ4v) is 3.83. The summed E-state index contributed by atoms with van der Waals surface area (Å²) >= 11 is 1.26. The second-order valence-corrected chi connectivity index (χ2v) is 7.10. The van der Waals surface area contributed by atoms with Crippen molar-refractivity contribution in [3.63, 3.8) is 0 Å². The van der Waals surface area contributed by atoms with Crippen LogP contribution in [0.15, 0.2) is 71.9 Å². The van der Waals surface area contributed by atoms with Crippen LogP contribution in [0.5, 0.6) is 0 Å². The number of hydrogen-bond acceptors (Lipinski definition) is 5. The van der Waals surface area contributed by atoms with Gasteiger partial charge in [-0.05, 0) is 42.5 Å². The van der Waals surface area contributed by atoms with E-state index in [2.05, 4.69) is 15.2 Å². The van der Waals surface area contributed by atoms with Crippen LogP contribution in [0.2, 0.25) is 0 Å². The minimum absolute atomic E-state index is 0.227. The van der Waals surface area contributed by atoms with Crippen molar-refractivity contribution in [1.29, 1.82) is 0 Å². The zero-order chi connectivity index (χ0) is 19.1. The second-order valence-electron chi connectivity index (χ2n) is 6.09. The van der Waals surface area contributed by atoms with Gasteiger partial charge in [0.25, 0.3) is 5.56 Å². The number of aromatic nitrogens is 5. The summed E-state index contributed by atoms with van der Waals surface area (Å²) in [7, 11) is 0. The highest BCUT2D eigenvalue weighted by molar-refractivity contribution is 7.15. The van der Waals surface area contributed by atoms with E-state index in [9.17, 15) is 9.18 Å². The molecular weight excluding hydrogens is 377 g/mol. The summed E-state index contributed by atoms with van der Waals surface area (Å²) in [4.78, 5) is 17.1. The van der Waals surface area contributed by atoms with Gasteiger partial charge in [-0.25, -0.2) is 14.1 Å². The van der Waals surface area contributed by atoms with Gasteiger partial charge in [0.15, 0.2) is 0 Å². The molecule has 0 N–H and O–H groups in total. The first-order valence-corrected chi connectivity index (χ1v) is 9.26. The van der Waals surface area contributed by atoms with Crippen LogP contribution >= 0.6 is 11.3 Å². The first kappa shape index (κ1) is 16.5. The molecule has 0 saturated carbocycles. The van der Waals surface area contributed by atoms with Crippen LogP contribution < -0.4 is 10.1 Å². The number of rotatable bonds is 3. The van der Waals surface area contributed by atoms with Gasteiger partial charge in [0.1, 0.15) is 17.8 Å². The molecule has 5 rings (SSSR count). The van der Waals surface area contributed by atoms with Crippen molar-refractivity contribution >= 4 is 22.4 Å². The number of para-hydroxylation sites is 1. The molecule has 2 aromatic carbocycles. The monoisotopic (exact) mass is 389 g/mol. The quantitative estimate of drug-likeness (QED) is 0.476. The van der Waals surface area contributed by atoms with Crippen LogP contribution in [-0.4, -0.2) is 24.4 Å². The summed E-state index contributed by atoms with van der Waals surface area (Å²) in [5.74, 6) is -0.316. The van der Waals surface area contributed by atoms with Crippen LogP contribution in [0.1, 0.15) is 5.56 Å². The number of halogens is 1. The second kappa shape index (κ2) is 6.50. The number of benzene rings is 2. The number of hydrogen-bond donors (Lipinski definition) is 0. The van der Waals surface area contributed by atoms with Gasteiger partial charge in [-0.3, -0.25) is 4.79 Å². The van der Waals surface area contributed by atoms with E-state index in [0.717, 1.165) is 16.8 Å². The van der Waals surface area contributed by atoms with Gasteiger partial charge >= 0.3 is 0 Å². The van der Waals surface area contributed by atoms with Crippen LogP contribution in [-0.2, 0) is 0 Å². The zero-order valence-electron chi connectivity index (χ0n) is 14.4. The lowest BCUT2D eigenvalue weighted by Gasteiger charge is -2.00. The molecule has 3 aromatic heterocycles. The molecular formula is C20H12FN5OS. The highest BCUT2D eigenvalue weighted by Gasteiger charge is 2.13. The minimum atomic E-state index is -0.316. The topological polar surface area (TPSA) is 65.1 Å². The third-order valence-corrected chi connectivity index (χ3v) is 5.26. The maximum atomic E-state index is 13.4. The van der Waals surface area contributed by atoms with E-state index in [1.165, 1.54) is 34.3 Å². The average molecular weight is 389 g/mol. The summed E-state index contributed by atoms with van der Waals surface area (Å²) in [6, 6.07) is 15.8. The minimum Gasteiger partial charge on any atom is -0.266 e. The number of fused-ring (bicyclic) bond motifs is 1. The molecule has 0 unspecified atom stereocenters. The molecule has 3 heterocycles. The molecule has 0 aliphatic heterocycles. The molecule has 0 atom stereocenters. The number of nitrogens with zero attached hydrogens (tertiary/aromatic N) is 5. The summed E-state index contributed by atoms with van der Waals surface area (Å²) in [5.41, 5.74) is 2.82. The Morgan fingerprint density at radius 2 is 1.82 bits per heavy atom. The molecule has 5 aromatic rings. The third kappa shape index (κ3) is 2.80. The van der Waals surface area contributed by atoms with Gasteiger partial charge in [0.2, 0.25) is 4.96 Å².